The van der Waals surface area contributed by atoms with Crippen molar-refractivity contribution in [1.82, 2.24) is 5.32 Å². The number of rotatable bonds is 8. The van der Waals surface area contributed by atoms with Crippen molar-refractivity contribution < 1.29 is 4.74 Å². The maximum Gasteiger partial charge on any atom is 0.0541 e. The molecule has 2 unspecified atom stereocenters. The molecule has 25 heavy (non-hydrogen) atoms. The fourth-order valence-electron chi connectivity index (χ4n) is 2.32. The Bertz CT molecular complexity index is 567. The second-order valence-corrected chi connectivity index (χ2v) is 8.41. The van der Waals surface area contributed by atoms with Gasteiger partial charge >= 0.3 is 0 Å². The Morgan fingerprint density at radius 3 is 3.04 bits per heavy atom. The molecule has 2 atom stereocenters. The molecule has 2 aliphatic rings. The van der Waals surface area contributed by atoms with Crippen molar-refractivity contribution in [3.8, 4) is 0 Å². The number of nitrogens with two attached hydrogens (primary N) is 1. The predicted molar refractivity (Wildman–Crippen MR) is 112 cm³/mol. The second-order valence-electron chi connectivity index (χ2n) is 6.21. The summed E-state index contributed by atoms with van der Waals surface area (Å²) in [6.45, 7) is 10.5. The standard InChI is InChI=1S/C18H28N4OS2/c1-4-5-24-14(3)8-20-16-9-22-21-7-13(2)18(25-12-16)6-17(19)15-10-23-11-15/h4-5,7,9,15-17,20H,3,6,8,10-12,19H2,1-2H3/b5-4-,18-13-,21-7+,22-9-. The molecule has 2 aliphatic heterocycles. The van der Waals surface area contributed by atoms with Gasteiger partial charge in [0.1, 0.15) is 0 Å². The molecule has 3 N–H and O–H groups in total. The fourth-order valence-corrected chi connectivity index (χ4v) is 3.99. The molecule has 2 heterocycles. The van der Waals surface area contributed by atoms with E-state index in [1.165, 1.54) is 4.91 Å². The molecule has 7 heteroatoms. The van der Waals surface area contributed by atoms with Gasteiger partial charge in [0, 0.05) is 30.5 Å². The van der Waals surface area contributed by atoms with Crippen LogP contribution in [0, 0.1) is 5.92 Å². The maximum absolute atomic E-state index is 6.34. The molecule has 2 rings (SSSR count). The Balaban J connectivity index is 1.90. The Hall–Kier alpha value is -0.860. The summed E-state index contributed by atoms with van der Waals surface area (Å²) in [6.07, 6.45) is 6.57. The molecule has 0 saturated carbocycles. The first-order valence-corrected chi connectivity index (χ1v) is 10.4. The average molecular weight is 381 g/mol. The van der Waals surface area contributed by atoms with E-state index in [0.29, 0.717) is 5.92 Å². The van der Waals surface area contributed by atoms with Gasteiger partial charge < -0.3 is 15.8 Å². The Labute approximate surface area is 159 Å². The van der Waals surface area contributed by atoms with Crippen molar-refractivity contribution in [3.05, 3.63) is 33.4 Å². The summed E-state index contributed by atoms with van der Waals surface area (Å²) in [5, 5.41) is 13.9. The van der Waals surface area contributed by atoms with Crippen LogP contribution >= 0.6 is 23.5 Å². The highest BCUT2D eigenvalue weighted by molar-refractivity contribution is 8.05. The van der Waals surface area contributed by atoms with E-state index in [-0.39, 0.29) is 12.1 Å². The van der Waals surface area contributed by atoms with E-state index in [9.17, 15) is 0 Å². The minimum Gasteiger partial charge on any atom is -0.381 e. The summed E-state index contributed by atoms with van der Waals surface area (Å²) in [7, 11) is 0. The molecule has 5 nitrogen and oxygen atoms in total. The fraction of sp³-hybridized carbons (Fsp3) is 0.556. The molecule has 0 spiro atoms. The van der Waals surface area contributed by atoms with Crippen LogP contribution in [-0.2, 0) is 4.74 Å². The highest BCUT2D eigenvalue weighted by Crippen LogP contribution is 2.28. The molecule has 0 aromatic rings. The van der Waals surface area contributed by atoms with Gasteiger partial charge in [-0.25, -0.2) is 0 Å². The number of allylic oxidation sites excluding steroid dienone is 2. The zero-order valence-corrected chi connectivity index (χ0v) is 16.6. The van der Waals surface area contributed by atoms with Gasteiger partial charge in [0.15, 0.2) is 0 Å². The zero-order chi connectivity index (χ0) is 18.1. The molecular formula is C18H28N4OS2. The quantitative estimate of drug-likeness (QED) is 0.677. The van der Waals surface area contributed by atoms with E-state index in [0.717, 1.165) is 42.4 Å². The predicted octanol–water partition coefficient (Wildman–Crippen LogP) is 3.17. The van der Waals surface area contributed by atoms with Crippen LogP contribution in [0.25, 0.3) is 0 Å². The number of hydrogen-bond donors (Lipinski definition) is 2. The minimum atomic E-state index is 0.143. The first kappa shape index (κ1) is 20.5. The molecule has 138 valence electrons. The third-order valence-electron chi connectivity index (χ3n) is 4.06. The molecule has 0 aromatic carbocycles. The van der Waals surface area contributed by atoms with Crippen LogP contribution in [0.1, 0.15) is 20.3 Å². The molecule has 0 aliphatic carbocycles. The Morgan fingerprint density at radius 2 is 2.36 bits per heavy atom. The first-order chi connectivity index (χ1) is 12.1. The normalized spacial score (nSPS) is 28.7. The van der Waals surface area contributed by atoms with Crippen LogP contribution in [0.2, 0.25) is 0 Å². The molecular weight excluding hydrogens is 352 g/mol. The van der Waals surface area contributed by atoms with Crippen molar-refractivity contribution in [2.24, 2.45) is 21.9 Å². The number of hydrogen-bond acceptors (Lipinski definition) is 7. The number of nitrogens with zero attached hydrogens (tertiary/aromatic N) is 2. The molecule has 0 aromatic heterocycles. The lowest BCUT2D eigenvalue weighted by Crippen LogP contribution is -2.43. The Kier molecular flexibility index (Phi) is 8.98. The van der Waals surface area contributed by atoms with Gasteiger partial charge in [0.2, 0.25) is 0 Å². The summed E-state index contributed by atoms with van der Waals surface area (Å²) in [4.78, 5) is 2.38. The third-order valence-corrected chi connectivity index (χ3v) is 6.31. The molecule has 1 saturated heterocycles. The van der Waals surface area contributed by atoms with Crippen LogP contribution in [0.3, 0.4) is 0 Å². The minimum absolute atomic E-state index is 0.143. The van der Waals surface area contributed by atoms with Crippen molar-refractivity contribution in [2.45, 2.75) is 32.4 Å². The SMILES string of the molecule is C=C(CNC1\C=N/N=C/C(C)=C(/CC(N)C2COC2)SC1)S/C=C\C. The van der Waals surface area contributed by atoms with Gasteiger partial charge in [0.05, 0.1) is 25.5 Å². The van der Waals surface area contributed by atoms with Crippen molar-refractivity contribution in [3.63, 3.8) is 0 Å². The average Bonchev–Trinajstić information content (AvgIpc) is 2.62. The summed E-state index contributed by atoms with van der Waals surface area (Å²) < 4.78 is 5.26. The van der Waals surface area contributed by atoms with Gasteiger partial charge in [-0.2, -0.15) is 10.2 Å². The molecule has 0 amide bonds. The van der Waals surface area contributed by atoms with Crippen molar-refractivity contribution >= 4 is 36.0 Å². The number of ether oxygens (including phenoxy) is 1. The maximum atomic E-state index is 6.34. The van der Waals surface area contributed by atoms with Gasteiger partial charge in [0.25, 0.3) is 0 Å². The van der Waals surface area contributed by atoms with Crippen LogP contribution < -0.4 is 11.1 Å². The third kappa shape index (κ3) is 7.11. The largest absolute Gasteiger partial charge is 0.381 e. The molecule has 0 bridgehead atoms. The number of nitrogens with one attached hydrogen (secondary N) is 1. The van der Waals surface area contributed by atoms with Crippen LogP contribution in [-0.4, -0.2) is 50.0 Å². The molecule has 0 radical (unpaired) electrons. The summed E-state index contributed by atoms with van der Waals surface area (Å²) in [5.41, 5.74) is 7.49. The van der Waals surface area contributed by atoms with E-state index in [1.54, 1.807) is 11.8 Å². The lowest BCUT2D eigenvalue weighted by Gasteiger charge is -2.32. The second kappa shape index (κ2) is 11.0. The molecule has 1 fully saturated rings. The van der Waals surface area contributed by atoms with E-state index in [2.05, 4.69) is 29.0 Å². The Morgan fingerprint density at radius 1 is 1.56 bits per heavy atom. The van der Waals surface area contributed by atoms with Gasteiger partial charge in [-0.3, -0.25) is 0 Å². The van der Waals surface area contributed by atoms with Crippen LogP contribution in [0.4, 0.5) is 0 Å². The lowest BCUT2D eigenvalue weighted by molar-refractivity contribution is -0.0431. The van der Waals surface area contributed by atoms with E-state index in [1.807, 2.05) is 42.6 Å². The van der Waals surface area contributed by atoms with Crippen LogP contribution in [0.15, 0.2) is 43.6 Å². The summed E-state index contributed by atoms with van der Waals surface area (Å²) >= 11 is 3.48. The topological polar surface area (TPSA) is 72.0 Å². The van der Waals surface area contributed by atoms with Crippen LogP contribution in [0.5, 0.6) is 0 Å². The van der Waals surface area contributed by atoms with Gasteiger partial charge in [-0.15, -0.1) is 23.5 Å². The lowest BCUT2D eigenvalue weighted by atomic mass is 9.95. The summed E-state index contributed by atoms with van der Waals surface area (Å²) in [5.74, 6) is 1.37. The van der Waals surface area contributed by atoms with Crippen molar-refractivity contribution in [1.29, 1.82) is 0 Å². The zero-order valence-electron chi connectivity index (χ0n) is 15.0. The first-order valence-electron chi connectivity index (χ1n) is 8.51. The monoisotopic (exact) mass is 380 g/mol. The van der Waals surface area contributed by atoms with Crippen molar-refractivity contribution in [2.75, 3.05) is 25.5 Å². The van der Waals surface area contributed by atoms with E-state index < -0.39 is 0 Å². The number of thioether (sulfide) groups is 2. The summed E-state index contributed by atoms with van der Waals surface area (Å²) in [6, 6.07) is 0.291. The van der Waals surface area contributed by atoms with E-state index >= 15 is 0 Å². The van der Waals surface area contributed by atoms with E-state index in [4.69, 9.17) is 10.5 Å². The highest BCUT2D eigenvalue weighted by atomic mass is 32.2. The van der Waals surface area contributed by atoms with Gasteiger partial charge in [-0.05, 0) is 41.1 Å². The smallest absolute Gasteiger partial charge is 0.0541 e. The highest BCUT2D eigenvalue weighted by Gasteiger charge is 2.26. The van der Waals surface area contributed by atoms with Gasteiger partial charge in [-0.1, -0.05) is 12.7 Å².